The highest BCUT2D eigenvalue weighted by atomic mass is 14.8. The number of rotatable bonds is 2. The molecular formula is C19H27N. The van der Waals surface area contributed by atoms with Crippen LogP contribution in [0.1, 0.15) is 63.0 Å². The lowest BCUT2D eigenvalue weighted by Gasteiger charge is -2.60. The Morgan fingerprint density at radius 3 is 1.85 bits per heavy atom. The van der Waals surface area contributed by atoms with Gasteiger partial charge in [-0.25, -0.2) is 0 Å². The highest BCUT2D eigenvalue weighted by molar-refractivity contribution is 5.33. The van der Waals surface area contributed by atoms with E-state index >= 15 is 0 Å². The Hall–Kier alpha value is -0.820. The van der Waals surface area contributed by atoms with Crippen LogP contribution in [0.5, 0.6) is 0 Å². The smallest absolute Gasteiger partial charge is 0.0467 e. The van der Waals surface area contributed by atoms with Crippen LogP contribution in [-0.2, 0) is 5.54 Å². The Morgan fingerprint density at radius 2 is 1.40 bits per heavy atom. The highest BCUT2D eigenvalue weighted by Crippen LogP contribution is 2.60. The minimum Gasteiger partial charge on any atom is -0.321 e. The van der Waals surface area contributed by atoms with Gasteiger partial charge in [-0.2, -0.15) is 0 Å². The van der Waals surface area contributed by atoms with E-state index in [4.69, 9.17) is 5.73 Å². The summed E-state index contributed by atoms with van der Waals surface area (Å²) in [4.78, 5) is 0. The molecule has 4 fully saturated rings. The number of benzene rings is 1. The first-order valence-electron chi connectivity index (χ1n) is 8.46. The first-order chi connectivity index (χ1) is 9.57. The summed E-state index contributed by atoms with van der Waals surface area (Å²) in [5, 5.41) is 0. The summed E-state index contributed by atoms with van der Waals surface area (Å²) in [6.07, 6.45) is 7.03. The molecule has 0 heterocycles. The Balaban J connectivity index is 1.69. The molecule has 1 aromatic rings. The van der Waals surface area contributed by atoms with Gasteiger partial charge >= 0.3 is 0 Å². The van der Waals surface area contributed by atoms with Gasteiger partial charge in [-0.15, -0.1) is 0 Å². The summed E-state index contributed by atoms with van der Waals surface area (Å²) in [6, 6.07) is 9.27. The first-order valence-corrected chi connectivity index (χ1v) is 8.46. The Labute approximate surface area is 122 Å². The van der Waals surface area contributed by atoms with E-state index in [1.807, 2.05) is 0 Å². The molecule has 0 amide bonds. The van der Waals surface area contributed by atoms with Gasteiger partial charge in [0.1, 0.15) is 0 Å². The molecule has 4 aliphatic rings. The number of nitrogens with two attached hydrogens (primary N) is 1. The molecule has 4 aliphatic carbocycles. The van der Waals surface area contributed by atoms with Gasteiger partial charge in [-0.05, 0) is 72.8 Å². The van der Waals surface area contributed by atoms with E-state index in [9.17, 15) is 0 Å². The fourth-order valence-electron chi connectivity index (χ4n) is 5.59. The van der Waals surface area contributed by atoms with Crippen molar-refractivity contribution >= 4 is 0 Å². The number of hydrogen-bond acceptors (Lipinski definition) is 1. The van der Waals surface area contributed by atoms with Gasteiger partial charge in [0.15, 0.2) is 0 Å². The lowest BCUT2D eigenvalue weighted by molar-refractivity contribution is -0.0584. The molecule has 4 bridgehead atoms. The van der Waals surface area contributed by atoms with Crippen LogP contribution in [0.3, 0.4) is 0 Å². The van der Waals surface area contributed by atoms with Gasteiger partial charge in [-0.1, -0.05) is 38.1 Å². The third kappa shape index (κ3) is 1.72. The van der Waals surface area contributed by atoms with E-state index in [1.54, 1.807) is 0 Å². The fraction of sp³-hybridized carbons (Fsp3) is 0.684. The third-order valence-corrected chi connectivity index (χ3v) is 6.57. The highest BCUT2D eigenvalue weighted by Gasteiger charge is 2.55. The van der Waals surface area contributed by atoms with E-state index in [0.717, 1.165) is 23.7 Å². The second-order valence-corrected chi connectivity index (χ2v) is 8.01. The molecule has 2 N–H and O–H groups in total. The van der Waals surface area contributed by atoms with Crippen LogP contribution in [0.15, 0.2) is 24.3 Å². The molecule has 0 aromatic heterocycles. The standard InChI is InChI=1S/C19H27N/c1-12(2)15-3-5-16(6-4-15)19(20)17-8-13-7-14(10-17)11-18(19)9-13/h3-6,12-14,17-18H,7-11,20H2,1-2H3. The lowest BCUT2D eigenvalue weighted by Crippen LogP contribution is -2.60. The molecular weight excluding hydrogens is 242 g/mol. The molecule has 4 saturated carbocycles. The summed E-state index contributed by atoms with van der Waals surface area (Å²) >= 11 is 0. The second kappa shape index (κ2) is 4.34. The van der Waals surface area contributed by atoms with E-state index in [2.05, 4.69) is 38.1 Å². The van der Waals surface area contributed by atoms with E-state index in [0.29, 0.717) is 5.92 Å². The summed E-state index contributed by atoms with van der Waals surface area (Å²) in [5.41, 5.74) is 9.86. The van der Waals surface area contributed by atoms with Crippen molar-refractivity contribution in [1.82, 2.24) is 0 Å². The maximum atomic E-state index is 7.04. The Morgan fingerprint density at radius 1 is 0.900 bits per heavy atom. The van der Waals surface area contributed by atoms with Crippen molar-refractivity contribution in [3.05, 3.63) is 35.4 Å². The quantitative estimate of drug-likeness (QED) is 0.845. The summed E-state index contributed by atoms with van der Waals surface area (Å²) in [5.74, 6) is 4.07. The third-order valence-electron chi connectivity index (χ3n) is 6.57. The number of hydrogen-bond donors (Lipinski definition) is 1. The molecule has 20 heavy (non-hydrogen) atoms. The topological polar surface area (TPSA) is 26.0 Å². The fourth-order valence-corrected chi connectivity index (χ4v) is 5.59. The minimum atomic E-state index is -0.0249. The first kappa shape index (κ1) is 12.9. The molecule has 1 aromatic carbocycles. The maximum Gasteiger partial charge on any atom is 0.0467 e. The van der Waals surface area contributed by atoms with Crippen LogP contribution in [0, 0.1) is 23.7 Å². The van der Waals surface area contributed by atoms with Crippen LogP contribution < -0.4 is 5.73 Å². The molecule has 0 atom stereocenters. The molecule has 1 heteroatoms. The zero-order valence-corrected chi connectivity index (χ0v) is 12.8. The minimum absolute atomic E-state index is 0.0249. The average molecular weight is 269 g/mol. The van der Waals surface area contributed by atoms with Crippen molar-refractivity contribution in [1.29, 1.82) is 0 Å². The van der Waals surface area contributed by atoms with Crippen LogP contribution in [0.2, 0.25) is 0 Å². The molecule has 0 unspecified atom stereocenters. The summed E-state index contributed by atoms with van der Waals surface area (Å²) in [7, 11) is 0. The van der Waals surface area contributed by atoms with Crippen molar-refractivity contribution in [2.75, 3.05) is 0 Å². The predicted molar refractivity (Wildman–Crippen MR) is 83.4 cm³/mol. The predicted octanol–water partition coefficient (Wildman–Crippen LogP) is 4.42. The lowest BCUT2D eigenvalue weighted by atomic mass is 9.47. The van der Waals surface area contributed by atoms with E-state index < -0.39 is 0 Å². The monoisotopic (exact) mass is 269 g/mol. The molecule has 0 radical (unpaired) electrons. The molecule has 5 rings (SSSR count). The van der Waals surface area contributed by atoms with Gasteiger partial charge in [-0.3, -0.25) is 0 Å². The van der Waals surface area contributed by atoms with Gasteiger partial charge in [0.05, 0.1) is 0 Å². The Bertz CT molecular complexity index is 471. The van der Waals surface area contributed by atoms with Crippen molar-refractivity contribution in [3.8, 4) is 0 Å². The molecule has 0 spiro atoms. The molecule has 108 valence electrons. The zero-order chi connectivity index (χ0) is 13.9. The van der Waals surface area contributed by atoms with Gasteiger partial charge in [0, 0.05) is 5.54 Å². The largest absolute Gasteiger partial charge is 0.321 e. The molecule has 1 nitrogen and oxygen atoms in total. The van der Waals surface area contributed by atoms with Crippen LogP contribution in [0.25, 0.3) is 0 Å². The zero-order valence-electron chi connectivity index (χ0n) is 12.8. The van der Waals surface area contributed by atoms with Gasteiger partial charge in [0.2, 0.25) is 0 Å². The van der Waals surface area contributed by atoms with Crippen LogP contribution >= 0.6 is 0 Å². The normalized spacial score (nSPS) is 42.4. The Kier molecular flexibility index (Phi) is 2.79. The van der Waals surface area contributed by atoms with Crippen molar-refractivity contribution in [2.45, 2.75) is 57.4 Å². The van der Waals surface area contributed by atoms with E-state index in [1.165, 1.54) is 43.2 Å². The SMILES string of the molecule is CC(C)c1ccc(C2(N)C3CC4CC(C3)CC2C4)cc1. The summed E-state index contributed by atoms with van der Waals surface area (Å²) < 4.78 is 0. The van der Waals surface area contributed by atoms with Crippen molar-refractivity contribution < 1.29 is 0 Å². The van der Waals surface area contributed by atoms with Crippen molar-refractivity contribution in [2.24, 2.45) is 29.4 Å². The van der Waals surface area contributed by atoms with Crippen molar-refractivity contribution in [3.63, 3.8) is 0 Å². The molecule has 0 saturated heterocycles. The van der Waals surface area contributed by atoms with Gasteiger partial charge in [0.25, 0.3) is 0 Å². The average Bonchev–Trinajstić information content (AvgIpc) is 2.44. The van der Waals surface area contributed by atoms with Gasteiger partial charge < -0.3 is 5.73 Å². The van der Waals surface area contributed by atoms with Crippen LogP contribution in [-0.4, -0.2) is 0 Å². The van der Waals surface area contributed by atoms with Crippen LogP contribution in [0.4, 0.5) is 0 Å². The molecule has 0 aliphatic heterocycles. The summed E-state index contributed by atoms with van der Waals surface area (Å²) in [6.45, 7) is 4.52. The maximum absolute atomic E-state index is 7.04. The van der Waals surface area contributed by atoms with E-state index in [-0.39, 0.29) is 5.54 Å². The second-order valence-electron chi connectivity index (χ2n) is 8.01.